The lowest BCUT2D eigenvalue weighted by Gasteiger charge is -2.37. The van der Waals surface area contributed by atoms with Gasteiger partial charge in [-0.25, -0.2) is 17.2 Å². The van der Waals surface area contributed by atoms with Crippen LogP contribution in [0, 0.1) is 18.6 Å². The molecule has 0 aromatic heterocycles. The summed E-state index contributed by atoms with van der Waals surface area (Å²) in [4.78, 5) is 0. The summed E-state index contributed by atoms with van der Waals surface area (Å²) in [5, 5.41) is 3.07. The molecule has 1 atom stereocenters. The zero-order chi connectivity index (χ0) is 14.4. The molecular weight excluding hydrogens is 272 g/mol. The van der Waals surface area contributed by atoms with Crippen LogP contribution in [0.5, 0.6) is 0 Å². The predicted octanol–water partition coefficient (Wildman–Crippen LogP) is 2.11. The fourth-order valence-corrected chi connectivity index (χ4v) is 4.59. The van der Waals surface area contributed by atoms with Crippen LogP contribution in [-0.2, 0) is 9.84 Å². The van der Waals surface area contributed by atoms with Crippen LogP contribution >= 0.6 is 0 Å². The van der Waals surface area contributed by atoms with Crippen LogP contribution in [0.1, 0.15) is 31.0 Å². The van der Waals surface area contributed by atoms with Gasteiger partial charge in [-0.15, -0.1) is 0 Å². The van der Waals surface area contributed by atoms with Gasteiger partial charge in [0.05, 0.1) is 11.5 Å². The van der Waals surface area contributed by atoms with Crippen molar-refractivity contribution in [1.29, 1.82) is 0 Å². The smallest absolute Gasteiger partial charge is 0.153 e. The normalized spacial score (nSPS) is 25.2. The molecule has 1 heterocycles. The molecule has 3 nitrogen and oxygen atoms in total. The Morgan fingerprint density at radius 2 is 1.89 bits per heavy atom. The Labute approximate surface area is 111 Å². The van der Waals surface area contributed by atoms with Crippen LogP contribution in [-0.4, -0.2) is 25.5 Å². The van der Waals surface area contributed by atoms with Gasteiger partial charge >= 0.3 is 0 Å². The summed E-state index contributed by atoms with van der Waals surface area (Å²) in [7, 11) is -3.28. The SMILES string of the molecule is Cc1cc(F)c(C2CS(=O)(=O)CC(C)(C)N2)cc1F. The number of hydrogen-bond acceptors (Lipinski definition) is 3. The van der Waals surface area contributed by atoms with E-state index < -0.39 is 33.1 Å². The number of hydrogen-bond donors (Lipinski definition) is 1. The fraction of sp³-hybridized carbons (Fsp3) is 0.538. The molecule has 0 saturated carbocycles. The second kappa shape index (κ2) is 4.52. The molecule has 1 fully saturated rings. The van der Waals surface area contributed by atoms with Crippen LogP contribution in [0.4, 0.5) is 8.78 Å². The maximum Gasteiger partial charge on any atom is 0.153 e. The number of rotatable bonds is 1. The van der Waals surface area contributed by atoms with Crippen molar-refractivity contribution < 1.29 is 17.2 Å². The third kappa shape index (κ3) is 3.12. The molecule has 0 radical (unpaired) electrons. The minimum absolute atomic E-state index is 0.00748. The number of halogens is 2. The lowest BCUT2D eigenvalue weighted by atomic mass is 10.0. The molecule has 1 aromatic rings. The largest absolute Gasteiger partial charge is 0.303 e. The van der Waals surface area contributed by atoms with Crippen molar-refractivity contribution in [2.45, 2.75) is 32.4 Å². The third-order valence-corrected chi connectivity index (χ3v) is 5.22. The zero-order valence-corrected chi connectivity index (χ0v) is 11.9. The number of nitrogens with one attached hydrogen (secondary N) is 1. The van der Waals surface area contributed by atoms with Gasteiger partial charge in [-0.3, -0.25) is 0 Å². The maximum absolute atomic E-state index is 13.9. The van der Waals surface area contributed by atoms with Crippen molar-refractivity contribution in [3.63, 3.8) is 0 Å². The second-order valence-corrected chi connectivity index (χ2v) is 7.87. The second-order valence-electron chi connectivity index (χ2n) is 5.76. The van der Waals surface area contributed by atoms with Gasteiger partial charge in [0.1, 0.15) is 11.6 Å². The average molecular weight is 289 g/mol. The van der Waals surface area contributed by atoms with Crippen LogP contribution in [0.2, 0.25) is 0 Å². The van der Waals surface area contributed by atoms with Gasteiger partial charge in [0, 0.05) is 17.1 Å². The van der Waals surface area contributed by atoms with Crippen molar-refractivity contribution in [3.05, 3.63) is 34.9 Å². The first-order valence-corrected chi connectivity index (χ1v) is 7.85. The predicted molar refractivity (Wildman–Crippen MR) is 69.7 cm³/mol. The van der Waals surface area contributed by atoms with E-state index >= 15 is 0 Å². The van der Waals surface area contributed by atoms with Crippen molar-refractivity contribution in [2.24, 2.45) is 0 Å². The minimum Gasteiger partial charge on any atom is -0.303 e. The summed E-state index contributed by atoms with van der Waals surface area (Å²) in [6.07, 6.45) is 0. The molecule has 1 aromatic carbocycles. The highest BCUT2D eigenvalue weighted by Gasteiger charge is 2.38. The quantitative estimate of drug-likeness (QED) is 0.861. The van der Waals surface area contributed by atoms with Gasteiger partial charge in [-0.1, -0.05) is 0 Å². The summed E-state index contributed by atoms with van der Waals surface area (Å²) in [6, 6.07) is 1.46. The summed E-state index contributed by atoms with van der Waals surface area (Å²) < 4.78 is 51.2. The Morgan fingerprint density at radius 3 is 2.47 bits per heavy atom. The molecule has 1 saturated heterocycles. The Balaban J connectivity index is 2.44. The summed E-state index contributed by atoms with van der Waals surface area (Å²) in [6.45, 7) is 4.94. The molecule has 1 N–H and O–H groups in total. The molecule has 1 aliphatic heterocycles. The molecule has 6 heteroatoms. The average Bonchev–Trinajstić information content (AvgIpc) is 2.18. The van der Waals surface area contributed by atoms with Crippen LogP contribution in [0.15, 0.2) is 12.1 Å². The highest BCUT2D eigenvalue weighted by molar-refractivity contribution is 7.91. The first-order chi connectivity index (χ1) is 8.60. The monoisotopic (exact) mass is 289 g/mol. The van der Waals surface area contributed by atoms with Crippen LogP contribution < -0.4 is 5.32 Å². The van der Waals surface area contributed by atoms with Crippen molar-refractivity contribution >= 4 is 9.84 Å². The van der Waals surface area contributed by atoms with E-state index in [1.54, 1.807) is 13.8 Å². The minimum atomic E-state index is -3.28. The van der Waals surface area contributed by atoms with Gasteiger partial charge in [-0.05, 0) is 38.5 Å². The third-order valence-electron chi connectivity index (χ3n) is 3.22. The van der Waals surface area contributed by atoms with E-state index in [9.17, 15) is 17.2 Å². The fourth-order valence-electron chi connectivity index (χ4n) is 2.51. The van der Waals surface area contributed by atoms with Gasteiger partial charge in [0.15, 0.2) is 9.84 Å². The molecule has 2 rings (SSSR count). The molecule has 19 heavy (non-hydrogen) atoms. The first kappa shape index (κ1) is 14.4. The standard InChI is InChI=1S/C13H17F2NO2S/c1-8-4-11(15)9(5-10(8)14)12-6-19(17,18)7-13(2,3)16-12/h4-5,12,16H,6-7H2,1-3H3. The zero-order valence-electron chi connectivity index (χ0n) is 11.1. The van der Waals surface area contributed by atoms with E-state index in [-0.39, 0.29) is 22.6 Å². The van der Waals surface area contributed by atoms with Crippen LogP contribution in [0.25, 0.3) is 0 Å². The summed E-state index contributed by atoms with van der Waals surface area (Å²) >= 11 is 0. The Morgan fingerprint density at radius 1 is 1.26 bits per heavy atom. The highest BCUT2D eigenvalue weighted by Crippen LogP contribution is 2.28. The first-order valence-electron chi connectivity index (χ1n) is 6.03. The van der Waals surface area contributed by atoms with Crippen molar-refractivity contribution in [1.82, 2.24) is 5.32 Å². The van der Waals surface area contributed by atoms with E-state index in [2.05, 4.69) is 5.32 Å². The van der Waals surface area contributed by atoms with Gasteiger partial charge in [0.2, 0.25) is 0 Å². The molecule has 0 amide bonds. The van der Waals surface area contributed by atoms with Gasteiger partial charge in [-0.2, -0.15) is 0 Å². The highest BCUT2D eigenvalue weighted by atomic mass is 32.2. The molecule has 106 valence electrons. The maximum atomic E-state index is 13.9. The lowest BCUT2D eigenvalue weighted by Crippen LogP contribution is -2.54. The van der Waals surface area contributed by atoms with Gasteiger partial charge in [0.25, 0.3) is 0 Å². The van der Waals surface area contributed by atoms with Crippen molar-refractivity contribution in [3.8, 4) is 0 Å². The van der Waals surface area contributed by atoms with Crippen molar-refractivity contribution in [2.75, 3.05) is 11.5 Å². The molecular formula is C13H17F2NO2S. The number of sulfone groups is 1. The topological polar surface area (TPSA) is 46.2 Å². The molecule has 1 unspecified atom stereocenters. The molecule has 0 aliphatic carbocycles. The lowest BCUT2D eigenvalue weighted by molar-refractivity contribution is 0.353. The Kier molecular flexibility index (Phi) is 3.43. The molecule has 0 spiro atoms. The van der Waals surface area contributed by atoms with Gasteiger partial charge < -0.3 is 5.32 Å². The van der Waals surface area contributed by atoms with E-state index in [1.165, 1.54) is 6.92 Å². The Hall–Kier alpha value is -1.01. The number of aryl methyl sites for hydroxylation is 1. The molecule has 1 aliphatic rings. The summed E-state index contributed by atoms with van der Waals surface area (Å²) in [5.41, 5.74) is -0.381. The molecule has 0 bridgehead atoms. The Bertz CT molecular complexity index is 611. The van der Waals surface area contributed by atoms with E-state index in [4.69, 9.17) is 0 Å². The summed E-state index contributed by atoms with van der Waals surface area (Å²) in [5.74, 6) is -1.33. The van der Waals surface area contributed by atoms with E-state index in [0.717, 1.165) is 12.1 Å². The van der Waals surface area contributed by atoms with E-state index in [1.807, 2.05) is 0 Å². The van der Waals surface area contributed by atoms with Crippen LogP contribution in [0.3, 0.4) is 0 Å². The van der Waals surface area contributed by atoms with E-state index in [0.29, 0.717) is 0 Å². The number of benzene rings is 1.